The Labute approximate surface area is 262 Å². The number of aromatic nitrogens is 4. The van der Waals surface area contributed by atoms with E-state index >= 15 is 0 Å². The van der Waals surface area contributed by atoms with Crippen molar-refractivity contribution in [3.63, 3.8) is 0 Å². The number of imidazole rings is 1. The number of fused-ring (bicyclic) bond motifs is 1. The average molecular weight is 608 g/mol. The van der Waals surface area contributed by atoms with Crippen LogP contribution in [0.5, 0.6) is 0 Å². The van der Waals surface area contributed by atoms with Crippen LogP contribution in [0, 0.1) is 11.3 Å². The largest absolute Gasteiger partial charge is 0.378 e. The minimum atomic E-state index is -0.108. The first kappa shape index (κ1) is 30.0. The molecule has 6 rings (SSSR count). The Kier molecular flexibility index (Phi) is 8.36. The maximum atomic E-state index is 13.1. The van der Waals surface area contributed by atoms with Crippen LogP contribution in [0.4, 0.5) is 17.6 Å². The minimum Gasteiger partial charge on any atom is -0.378 e. The highest BCUT2D eigenvalue weighted by atomic mass is 16.5. The van der Waals surface area contributed by atoms with Crippen molar-refractivity contribution in [1.82, 2.24) is 29.6 Å². The fraction of sp³-hybridized carbons (Fsp3) is 0.394. The maximum absolute atomic E-state index is 13.1. The van der Waals surface area contributed by atoms with E-state index in [2.05, 4.69) is 47.4 Å². The zero-order chi connectivity index (χ0) is 31.6. The summed E-state index contributed by atoms with van der Waals surface area (Å²) < 4.78 is 7.00. The Morgan fingerprint density at radius 3 is 2.36 bits per heavy atom. The number of piperidine rings is 1. The molecule has 2 aliphatic heterocycles. The summed E-state index contributed by atoms with van der Waals surface area (Å²) >= 11 is 0. The van der Waals surface area contributed by atoms with Gasteiger partial charge in [0.25, 0.3) is 11.8 Å². The van der Waals surface area contributed by atoms with Gasteiger partial charge in [-0.1, -0.05) is 32.9 Å². The van der Waals surface area contributed by atoms with Crippen LogP contribution in [-0.4, -0.2) is 81.5 Å². The molecule has 1 unspecified atom stereocenters. The third-order valence-corrected chi connectivity index (χ3v) is 8.17. The molecule has 0 bridgehead atoms. The summed E-state index contributed by atoms with van der Waals surface area (Å²) in [7, 11) is 0. The number of nitrogens with one attached hydrogen (secondary N) is 2. The van der Waals surface area contributed by atoms with Crippen LogP contribution in [0.1, 0.15) is 65.6 Å². The molecule has 0 spiro atoms. The van der Waals surface area contributed by atoms with E-state index in [0.29, 0.717) is 73.9 Å². The van der Waals surface area contributed by atoms with Gasteiger partial charge in [0.05, 0.1) is 19.4 Å². The molecule has 232 valence electrons. The van der Waals surface area contributed by atoms with E-state index in [9.17, 15) is 14.9 Å². The van der Waals surface area contributed by atoms with E-state index in [1.807, 2.05) is 41.3 Å². The normalized spacial score (nSPS) is 17.2. The molecule has 4 heterocycles. The number of rotatable bonds is 6. The van der Waals surface area contributed by atoms with Gasteiger partial charge in [-0.2, -0.15) is 20.2 Å². The van der Waals surface area contributed by atoms with Crippen LogP contribution >= 0.6 is 0 Å². The first-order valence-corrected chi connectivity index (χ1v) is 15.3. The number of carbonyl (C=O) groups is 2. The molecule has 2 fully saturated rings. The number of anilines is 3. The second-order valence-electron chi connectivity index (χ2n) is 12.4. The quantitative estimate of drug-likeness (QED) is 0.334. The van der Waals surface area contributed by atoms with Crippen LogP contribution < -0.4 is 15.5 Å². The van der Waals surface area contributed by atoms with Crippen molar-refractivity contribution >= 4 is 35.2 Å². The van der Waals surface area contributed by atoms with Crippen molar-refractivity contribution in [3.8, 4) is 6.07 Å². The number of ether oxygens (including phenoxy) is 1. The number of carbonyl (C=O) groups excluding carboxylic acids is 2. The lowest BCUT2D eigenvalue weighted by Crippen LogP contribution is -2.48. The first-order chi connectivity index (χ1) is 21.7. The molecule has 0 radical (unpaired) electrons. The van der Waals surface area contributed by atoms with Gasteiger partial charge in [-0.15, -0.1) is 0 Å². The molecule has 12 heteroatoms. The maximum Gasteiger partial charge on any atom is 0.254 e. The lowest BCUT2D eigenvalue weighted by molar-refractivity contribution is 0.0303. The van der Waals surface area contributed by atoms with Crippen LogP contribution in [0.15, 0.2) is 54.7 Å². The molecule has 2 saturated heterocycles. The number of benzene rings is 2. The average Bonchev–Trinajstić information content (AvgIpc) is 3.49. The summed E-state index contributed by atoms with van der Waals surface area (Å²) in [6, 6.07) is 17.0. The fourth-order valence-corrected chi connectivity index (χ4v) is 5.59. The van der Waals surface area contributed by atoms with E-state index < -0.39 is 0 Å². The van der Waals surface area contributed by atoms with Crippen LogP contribution in [-0.2, 0) is 10.2 Å². The molecular weight excluding hydrogens is 570 g/mol. The van der Waals surface area contributed by atoms with Gasteiger partial charge < -0.3 is 25.2 Å². The molecular formula is C33H37N9O3. The Morgan fingerprint density at radius 1 is 0.956 bits per heavy atom. The third kappa shape index (κ3) is 6.73. The first-order valence-electron chi connectivity index (χ1n) is 15.3. The molecule has 2 aromatic carbocycles. The number of nitriles is 1. The van der Waals surface area contributed by atoms with Gasteiger partial charge in [0.15, 0.2) is 5.69 Å². The van der Waals surface area contributed by atoms with E-state index in [1.54, 1.807) is 27.6 Å². The molecule has 0 saturated carbocycles. The van der Waals surface area contributed by atoms with Gasteiger partial charge in [-0.05, 0) is 60.2 Å². The Bertz CT molecular complexity index is 1730. The fourth-order valence-electron chi connectivity index (χ4n) is 5.59. The van der Waals surface area contributed by atoms with Crippen molar-refractivity contribution in [2.45, 2.75) is 45.1 Å². The molecule has 45 heavy (non-hydrogen) atoms. The lowest BCUT2D eigenvalue weighted by atomic mass is 9.86. The van der Waals surface area contributed by atoms with Crippen molar-refractivity contribution in [2.75, 3.05) is 49.6 Å². The molecule has 12 nitrogen and oxygen atoms in total. The van der Waals surface area contributed by atoms with Crippen molar-refractivity contribution in [1.29, 1.82) is 5.26 Å². The Balaban J connectivity index is 1.19. The Hall–Kier alpha value is -5.02. The van der Waals surface area contributed by atoms with Gasteiger partial charge in [0.2, 0.25) is 17.7 Å². The van der Waals surface area contributed by atoms with Crippen LogP contribution in [0.25, 0.3) is 5.78 Å². The van der Waals surface area contributed by atoms with Crippen LogP contribution in [0.3, 0.4) is 0 Å². The summed E-state index contributed by atoms with van der Waals surface area (Å²) in [6.07, 6.45) is 3.27. The Morgan fingerprint density at radius 2 is 1.67 bits per heavy atom. The number of morpholine rings is 1. The second kappa shape index (κ2) is 12.5. The highest BCUT2D eigenvalue weighted by molar-refractivity contribution is 5.95. The van der Waals surface area contributed by atoms with Gasteiger partial charge >= 0.3 is 0 Å². The monoisotopic (exact) mass is 607 g/mol. The molecule has 2 N–H and O–H groups in total. The van der Waals surface area contributed by atoms with Gasteiger partial charge in [0, 0.05) is 49.0 Å². The number of hydrogen-bond donors (Lipinski definition) is 2. The van der Waals surface area contributed by atoms with E-state index in [-0.39, 0.29) is 29.0 Å². The molecule has 0 aliphatic carbocycles. The highest BCUT2D eigenvalue weighted by Crippen LogP contribution is 2.24. The van der Waals surface area contributed by atoms with Crippen molar-refractivity contribution in [2.24, 2.45) is 0 Å². The predicted molar refractivity (Wildman–Crippen MR) is 170 cm³/mol. The van der Waals surface area contributed by atoms with E-state index in [1.165, 1.54) is 5.56 Å². The minimum absolute atomic E-state index is 0.0159. The molecule has 2 aliphatic rings. The zero-order valence-corrected chi connectivity index (χ0v) is 25.8. The van der Waals surface area contributed by atoms with Crippen LogP contribution in [0.2, 0.25) is 0 Å². The van der Waals surface area contributed by atoms with Crippen molar-refractivity contribution in [3.05, 3.63) is 77.1 Å². The molecule has 2 amide bonds. The van der Waals surface area contributed by atoms with Gasteiger partial charge in [-0.3, -0.25) is 14.0 Å². The summed E-state index contributed by atoms with van der Waals surface area (Å²) in [5.74, 6) is 1.08. The third-order valence-electron chi connectivity index (χ3n) is 8.17. The lowest BCUT2D eigenvalue weighted by Gasteiger charge is -2.33. The molecule has 4 aromatic rings. The number of amides is 2. The van der Waals surface area contributed by atoms with Crippen molar-refractivity contribution < 1.29 is 14.3 Å². The summed E-state index contributed by atoms with van der Waals surface area (Å²) in [6.45, 7) is 9.94. The predicted octanol–water partition coefficient (Wildman–Crippen LogP) is 3.91. The second-order valence-corrected chi connectivity index (χ2v) is 12.4. The summed E-state index contributed by atoms with van der Waals surface area (Å²) in [5, 5.41) is 16.0. The standard InChI is InChI=1S/C33H37N9O3/c1-33(2,3)24-10-6-22(7-11-24)28(43)35-26-5-4-14-41(20-26)30-38-31(42-21-27(19-34)37-32(42)39-30)36-25-12-8-23(9-13-25)29(44)40-15-17-45-18-16-40/h6-13,21,26H,4-5,14-18,20H2,1-3H3,(H,35,43)(H,36,37,38,39). The topological polar surface area (TPSA) is 141 Å². The SMILES string of the molecule is CC(C)(C)c1ccc(C(=O)NC2CCCN(c3nc(Nc4ccc(C(=O)N5CCOCC5)cc4)n4cc(C#N)nc4n3)C2)cc1. The number of hydrogen-bond acceptors (Lipinski definition) is 9. The summed E-state index contributed by atoms with van der Waals surface area (Å²) in [5.41, 5.74) is 3.35. The van der Waals surface area contributed by atoms with Gasteiger partial charge in [-0.25, -0.2) is 0 Å². The highest BCUT2D eigenvalue weighted by Gasteiger charge is 2.26. The molecule has 2 aromatic heterocycles. The van der Waals surface area contributed by atoms with E-state index in [0.717, 1.165) is 12.8 Å². The molecule has 1 atom stereocenters. The van der Waals surface area contributed by atoms with E-state index in [4.69, 9.17) is 9.72 Å². The van der Waals surface area contributed by atoms with Gasteiger partial charge in [0.1, 0.15) is 6.07 Å². The summed E-state index contributed by atoms with van der Waals surface area (Å²) in [4.78, 5) is 43.6. The zero-order valence-electron chi connectivity index (χ0n) is 25.8. The number of nitrogens with zero attached hydrogens (tertiary/aromatic N) is 7. The smallest absolute Gasteiger partial charge is 0.254 e.